The van der Waals surface area contributed by atoms with Gasteiger partial charge in [0.25, 0.3) is 0 Å². The van der Waals surface area contributed by atoms with Gasteiger partial charge < -0.3 is 14.2 Å². The van der Waals surface area contributed by atoms with E-state index in [9.17, 15) is 4.79 Å². The van der Waals surface area contributed by atoms with E-state index in [2.05, 4.69) is 23.8 Å². The Balaban J connectivity index is 1.81. The van der Waals surface area contributed by atoms with Crippen molar-refractivity contribution in [3.05, 3.63) is 15.8 Å². The molecule has 0 bridgehead atoms. The van der Waals surface area contributed by atoms with Gasteiger partial charge in [0, 0.05) is 13.7 Å². The van der Waals surface area contributed by atoms with Crippen LogP contribution in [0.2, 0.25) is 5.28 Å². The maximum Gasteiger partial charge on any atom is 0.330 e. The molecular formula is C20H29ClN4O4. The standard InChI is InChI=1S/C20H29ClN4O4/c1-12-5-4-6-15(12)13(2)29-18-16-17(22-19(21)23-18)25(14-7-9-28-11-14)20(26)24(16)8-10-27-3/h12-15H,4-11H2,1-3H3/t12?,13-,14+,15+/m0/s1. The summed E-state index contributed by atoms with van der Waals surface area (Å²) in [6, 6.07) is -0.0695. The lowest BCUT2D eigenvalue weighted by Gasteiger charge is -2.24. The quantitative estimate of drug-likeness (QED) is 0.635. The maximum absolute atomic E-state index is 13.3. The number of fused-ring (bicyclic) bond motifs is 1. The molecule has 0 spiro atoms. The number of ether oxygens (including phenoxy) is 3. The SMILES string of the molecule is COCCn1c(=O)n([C@@H]2CCOC2)c2nc(Cl)nc(O[C@@H](C)[C@@H]3CCCC3C)c21. The third kappa shape index (κ3) is 3.90. The minimum atomic E-state index is -0.157. The monoisotopic (exact) mass is 424 g/mol. The summed E-state index contributed by atoms with van der Waals surface area (Å²) < 4.78 is 20.4. The normalized spacial score (nSPS) is 25.7. The van der Waals surface area contributed by atoms with Crippen molar-refractivity contribution in [2.24, 2.45) is 11.8 Å². The third-order valence-electron chi connectivity index (χ3n) is 6.36. The van der Waals surface area contributed by atoms with Crippen LogP contribution in [-0.4, -0.2) is 52.1 Å². The van der Waals surface area contributed by atoms with Crippen LogP contribution in [0.15, 0.2) is 4.79 Å². The fourth-order valence-corrected chi connectivity index (χ4v) is 4.94. The number of hydrogen-bond donors (Lipinski definition) is 0. The highest BCUT2D eigenvalue weighted by molar-refractivity contribution is 6.28. The fourth-order valence-electron chi connectivity index (χ4n) is 4.78. The fraction of sp³-hybridized carbons (Fsp3) is 0.750. The van der Waals surface area contributed by atoms with Crippen LogP contribution in [0.1, 0.15) is 45.6 Å². The molecule has 0 N–H and O–H groups in total. The van der Waals surface area contributed by atoms with Crippen LogP contribution >= 0.6 is 11.6 Å². The average molecular weight is 425 g/mol. The summed E-state index contributed by atoms with van der Waals surface area (Å²) >= 11 is 6.26. The molecule has 1 aliphatic carbocycles. The van der Waals surface area contributed by atoms with E-state index in [1.807, 2.05) is 0 Å². The molecule has 2 aromatic heterocycles. The maximum atomic E-state index is 13.3. The second kappa shape index (κ2) is 8.62. The minimum absolute atomic E-state index is 0.0224. The summed E-state index contributed by atoms with van der Waals surface area (Å²) in [7, 11) is 1.61. The lowest BCUT2D eigenvalue weighted by Crippen LogP contribution is -2.29. The molecule has 1 aliphatic heterocycles. The lowest BCUT2D eigenvalue weighted by molar-refractivity contribution is 0.126. The zero-order valence-electron chi connectivity index (χ0n) is 17.3. The van der Waals surface area contributed by atoms with Gasteiger partial charge in [-0.2, -0.15) is 9.97 Å². The van der Waals surface area contributed by atoms with Crippen molar-refractivity contribution in [3.8, 4) is 5.88 Å². The molecule has 1 saturated carbocycles. The molecule has 0 amide bonds. The summed E-state index contributed by atoms with van der Waals surface area (Å²) in [4.78, 5) is 22.1. The smallest absolute Gasteiger partial charge is 0.330 e. The van der Waals surface area contributed by atoms with Gasteiger partial charge in [-0.3, -0.25) is 9.13 Å². The molecule has 2 aromatic rings. The Kier molecular flexibility index (Phi) is 6.13. The van der Waals surface area contributed by atoms with Crippen LogP contribution in [-0.2, 0) is 16.0 Å². The molecule has 1 saturated heterocycles. The summed E-state index contributed by atoms with van der Waals surface area (Å²) in [5.41, 5.74) is 0.931. The van der Waals surface area contributed by atoms with E-state index in [-0.39, 0.29) is 23.1 Å². The second-order valence-electron chi connectivity index (χ2n) is 8.18. The van der Waals surface area contributed by atoms with Crippen molar-refractivity contribution >= 4 is 22.8 Å². The van der Waals surface area contributed by atoms with Gasteiger partial charge >= 0.3 is 5.69 Å². The van der Waals surface area contributed by atoms with Crippen LogP contribution in [0.3, 0.4) is 0 Å². The molecule has 9 heteroatoms. The molecule has 3 heterocycles. The molecule has 29 heavy (non-hydrogen) atoms. The Morgan fingerprint density at radius 2 is 2.14 bits per heavy atom. The van der Waals surface area contributed by atoms with Gasteiger partial charge in [-0.25, -0.2) is 4.79 Å². The number of nitrogens with zero attached hydrogens (tertiary/aromatic N) is 4. The Morgan fingerprint density at radius 3 is 2.79 bits per heavy atom. The van der Waals surface area contributed by atoms with E-state index in [1.54, 1.807) is 16.2 Å². The largest absolute Gasteiger partial charge is 0.473 e. The number of halogens is 1. The zero-order chi connectivity index (χ0) is 20.5. The second-order valence-corrected chi connectivity index (χ2v) is 8.52. The van der Waals surface area contributed by atoms with E-state index in [4.69, 9.17) is 25.8 Å². The molecule has 160 valence electrons. The number of rotatable bonds is 7. The van der Waals surface area contributed by atoms with Gasteiger partial charge in [0.1, 0.15) is 6.10 Å². The van der Waals surface area contributed by atoms with Gasteiger partial charge in [0.15, 0.2) is 11.2 Å². The lowest BCUT2D eigenvalue weighted by atomic mass is 9.93. The first kappa shape index (κ1) is 20.6. The van der Waals surface area contributed by atoms with Crippen LogP contribution < -0.4 is 10.4 Å². The molecule has 2 aliphatic rings. The van der Waals surface area contributed by atoms with Gasteiger partial charge in [-0.15, -0.1) is 0 Å². The van der Waals surface area contributed by atoms with Gasteiger partial charge in [0.2, 0.25) is 11.2 Å². The third-order valence-corrected chi connectivity index (χ3v) is 6.53. The highest BCUT2D eigenvalue weighted by atomic mass is 35.5. The molecule has 8 nitrogen and oxygen atoms in total. The molecule has 2 fully saturated rings. The van der Waals surface area contributed by atoms with Gasteiger partial charge in [-0.05, 0) is 43.2 Å². The van der Waals surface area contributed by atoms with Crippen LogP contribution in [0.4, 0.5) is 0 Å². The summed E-state index contributed by atoms with van der Waals surface area (Å²) in [5, 5.41) is 0.0794. The Morgan fingerprint density at radius 1 is 1.31 bits per heavy atom. The predicted molar refractivity (Wildman–Crippen MR) is 110 cm³/mol. The van der Waals surface area contributed by atoms with E-state index in [0.717, 1.165) is 12.8 Å². The van der Waals surface area contributed by atoms with E-state index in [0.29, 0.717) is 55.2 Å². The first-order valence-corrected chi connectivity index (χ1v) is 10.8. The van der Waals surface area contributed by atoms with Crippen molar-refractivity contribution in [1.29, 1.82) is 0 Å². The van der Waals surface area contributed by atoms with E-state index in [1.165, 1.54) is 12.8 Å². The van der Waals surface area contributed by atoms with Crippen molar-refractivity contribution in [1.82, 2.24) is 19.1 Å². The van der Waals surface area contributed by atoms with Crippen molar-refractivity contribution in [2.75, 3.05) is 26.9 Å². The van der Waals surface area contributed by atoms with Crippen LogP contribution in [0.5, 0.6) is 5.88 Å². The first-order chi connectivity index (χ1) is 14.0. The van der Waals surface area contributed by atoms with Crippen molar-refractivity contribution < 1.29 is 14.2 Å². The average Bonchev–Trinajstić information content (AvgIpc) is 3.39. The molecular weight excluding hydrogens is 396 g/mol. The van der Waals surface area contributed by atoms with Gasteiger partial charge in [-0.1, -0.05) is 19.8 Å². The summed E-state index contributed by atoms with van der Waals surface area (Å²) in [6.45, 7) is 6.25. The van der Waals surface area contributed by atoms with Gasteiger partial charge in [0.05, 0.1) is 25.8 Å². The predicted octanol–water partition coefficient (Wildman–Crippen LogP) is 3.06. The van der Waals surface area contributed by atoms with Crippen molar-refractivity contribution in [3.63, 3.8) is 0 Å². The van der Waals surface area contributed by atoms with Crippen LogP contribution in [0, 0.1) is 11.8 Å². The Labute approximate surface area is 175 Å². The Bertz CT molecular complexity index is 921. The minimum Gasteiger partial charge on any atom is -0.473 e. The highest BCUT2D eigenvalue weighted by Gasteiger charge is 2.32. The molecule has 1 unspecified atom stereocenters. The molecule has 4 atom stereocenters. The summed E-state index contributed by atoms with van der Waals surface area (Å²) in [5.74, 6) is 1.44. The number of aromatic nitrogens is 4. The van der Waals surface area contributed by atoms with E-state index < -0.39 is 0 Å². The number of methoxy groups -OCH3 is 1. The molecule has 0 radical (unpaired) electrons. The van der Waals surface area contributed by atoms with Crippen molar-refractivity contribution in [2.45, 2.75) is 58.2 Å². The number of imidazole rings is 1. The topological polar surface area (TPSA) is 80.4 Å². The first-order valence-electron chi connectivity index (χ1n) is 10.4. The zero-order valence-corrected chi connectivity index (χ0v) is 18.0. The molecule has 4 rings (SSSR count). The van der Waals surface area contributed by atoms with Crippen LogP contribution in [0.25, 0.3) is 11.2 Å². The molecule has 0 aromatic carbocycles. The van der Waals surface area contributed by atoms with E-state index >= 15 is 0 Å². The highest BCUT2D eigenvalue weighted by Crippen LogP contribution is 2.36. The Hall–Kier alpha value is -1.64. The number of hydrogen-bond acceptors (Lipinski definition) is 6. The summed E-state index contributed by atoms with van der Waals surface area (Å²) in [6.07, 6.45) is 4.31.